The van der Waals surface area contributed by atoms with Crippen LogP contribution in [0.5, 0.6) is 0 Å². The van der Waals surface area contributed by atoms with Crippen molar-refractivity contribution in [3.8, 4) is 0 Å². The van der Waals surface area contributed by atoms with Crippen LogP contribution in [0.1, 0.15) is 35.1 Å². The second-order valence-corrected chi connectivity index (χ2v) is 9.69. The zero-order chi connectivity index (χ0) is 28.5. The summed E-state index contributed by atoms with van der Waals surface area (Å²) < 4.78 is 80.8. The zero-order valence-electron chi connectivity index (χ0n) is 20.1. The largest absolute Gasteiger partial charge is 0.416 e. The summed E-state index contributed by atoms with van der Waals surface area (Å²) in [6, 6.07) is 6.10. The van der Waals surface area contributed by atoms with Crippen molar-refractivity contribution in [1.29, 1.82) is 0 Å². The Hall–Kier alpha value is -3.81. The van der Waals surface area contributed by atoms with Gasteiger partial charge in [0.2, 0.25) is 5.91 Å². The van der Waals surface area contributed by atoms with E-state index < -0.39 is 41.5 Å². The molecule has 0 unspecified atom stereocenters. The molecule has 1 heterocycles. The molecule has 3 aromatic rings. The molecule has 1 N–H and O–H groups in total. The van der Waals surface area contributed by atoms with E-state index in [4.69, 9.17) is 0 Å². The lowest BCUT2D eigenvalue weighted by Gasteiger charge is -2.18. The van der Waals surface area contributed by atoms with Gasteiger partial charge in [-0.25, -0.2) is 0 Å². The number of benzene rings is 2. The molecule has 0 spiro atoms. The highest BCUT2D eigenvalue weighted by atomic mass is 32.2. The molecule has 0 radical (unpaired) electrons. The molecular formula is C25H20F6N4O3S. The first-order valence-corrected chi connectivity index (χ1v) is 12.3. The molecule has 7 nitrogen and oxygen atoms in total. The SMILES string of the molecule is CN(NC(=O)C1CC1)C(=O)/C(=C/c1ccc2c(cnn2Cc2ccc(C(F)(F)F)cc2C(F)(F)F)c1)SC=O. The normalized spacial score (nSPS) is 14.4. The Labute approximate surface area is 221 Å². The van der Waals surface area contributed by atoms with Crippen molar-refractivity contribution in [2.24, 2.45) is 5.92 Å². The van der Waals surface area contributed by atoms with Crippen LogP contribution in [0, 0.1) is 5.92 Å². The highest BCUT2D eigenvalue weighted by molar-refractivity contribution is 8.16. The number of hydrogen-bond donors (Lipinski definition) is 1. The van der Waals surface area contributed by atoms with E-state index in [1.54, 1.807) is 12.1 Å². The van der Waals surface area contributed by atoms with E-state index in [-0.39, 0.29) is 22.8 Å². The molecule has 0 aliphatic heterocycles. The van der Waals surface area contributed by atoms with Gasteiger partial charge in [-0.1, -0.05) is 12.1 Å². The predicted octanol–water partition coefficient (Wildman–Crippen LogP) is 5.29. The number of amides is 2. The number of nitrogens with zero attached hydrogens (tertiary/aromatic N) is 3. The number of alkyl halides is 6. The van der Waals surface area contributed by atoms with Crippen molar-refractivity contribution in [3.63, 3.8) is 0 Å². The van der Waals surface area contributed by atoms with Gasteiger partial charge in [0.25, 0.3) is 5.91 Å². The molecule has 0 saturated heterocycles. The fourth-order valence-corrected chi connectivity index (χ4v) is 4.35. The van der Waals surface area contributed by atoms with Crippen molar-refractivity contribution in [2.75, 3.05) is 7.05 Å². The number of fused-ring (bicyclic) bond motifs is 1. The lowest BCUT2D eigenvalue weighted by atomic mass is 10.0. The first kappa shape index (κ1) is 28.2. The third-order valence-corrected chi connectivity index (χ3v) is 6.59. The first-order chi connectivity index (χ1) is 18.3. The van der Waals surface area contributed by atoms with Crippen LogP contribution in [0.4, 0.5) is 26.3 Å². The minimum atomic E-state index is -5.01. The van der Waals surface area contributed by atoms with Gasteiger partial charge in [-0.05, 0) is 66.1 Å². The Morgan fingerprint density at radius 1 is 1.10 bits per heavy atom. The summed E-state index contributed by atoms with van der Waals surface area (Å²) in [7, 11) is 1.35. The molecule has 39 heavy (non-hydrogen) atoms. The number of halogens is 6. The minimum absolute atomic E-state index is 0.00918. The summed E-state index contributed by atoms with van der Waals surface area (Å²) in [6.45, 7) is -0.443. The van der Waals surface area contributed by atoms with Crippen LogP contribution in [-0.4, -0.2) is 39.3 Å². The summed E-state index contributed by atoms with van der Waals surface area (Å²) in [6.07, 6.45) is -5.69. The molecule has 2 amide bonds. The number of carbonyl (C=O) groups excluding carboxylic acids is 3. The smallest absolute Gasteiger partial charge is 0.291 e. The van der Waals surface area contributed by atoms with Crippen LogP contribution >= 0.6 is 11.8 Å². The number of rotatable bonds is 7. The molecule has 1 aromatic heterocycles. The van der Waals surface area contributed by atoms with Gasteiger partial charge in [0.15, 0.2) is 5.62 Å². The van der Waals surface area contributed by atoms with Crippen LogP contribution in [-0.2, 0) is 33.3 Å². The van der Waals surface area contributed by atoms with Crippen molar-refractivity contribution in [2.45, 2.75) is 31.7 Å². The van der Waals surface area contributed by atoms with Gasteiger partial charge in [0.1, 0.15) is 0 Å². The molecule has 1 aliphatic rings. The molecule has 1 aliphatic carbocycles. The van der Waals surface area contributed by atoms with Gasteiger partial charge >= 0.3 is 12.4 Å². The number of hydrogen-bond acceptors (Lipinski definition) is 5. The van der Waals surface area contributed by atoms with Crippen molar-refractivity contribution >= 4 is 46.2 Å². The van der Waals surface area contributed by atoms with Gasteiger partial charge < -0.3 is 0 Å². The number of carbonyl (C=O) groups is 3. The first-order valence-electron chi connectivity index (χ1n) is 11.4. The molecular weight excluding hydrogens is 550 g/mol. The van der Waals surface area contributed by atoms with Crippen LogP contribution < -0.4 is 5.43 Å². The third-order valence-electron chi connectivity index (χ3n) is 5.94. The average molecular weight is 571 g/mol. The maximum absolute atomic E-state index is 13.5. The van der Waals surface area contributed by atoms with Gasteiger partial charge in [-0.15, -0.1) is 0 Å². The van der Waals surface area contributed by atoms with Crippen LogP contribution in [0.2, 0.25) is 0 Å². The number of likely N-dealkylation sites (N-methyl/N-ethyl adjacent to an activating group) is 1. The Balaban J connectivity index is 1.60. The van der Waals surface area contributed by atoms with Crippen LogP contribution in [0.3, 0.4) is 0 Å². The van der Waals surface area contributed by atoms with Crippen molar-refractivity contribution in [1.82, 2.24) is 20.2 Å². The molecule has 1 fully saturated rings. The Bertz CT molecular complexity index is 1460. The predicted molar refractivity (Wildman–Crippen MR) is 131 cm³/mol. The Morgan fingerprint density at radius 3 is 2.44 bits per heavy atom. The molecule has 0 bridgehead atoms. The summed E-state index contributed by atoms with van der Waals surface area (Å²) >= 11 is 0.608. The lowest BCUT2D eigenvalue weighted by Crippen LogP contribution is -2.44. The van der Waals surface area contributed by atoms with Crippen molar-refractivity contribution < 1.29 is 40.7 Å². The topological polar surface area (TPSA) is 84.3 Å². The quantitative estimate of drug-likeness (QED) is 0.181. The van der Waals surface area contributed by atoms with Crippen molar-refractivity contribution in [3.05, 3.63) is 69.8 Å². The monoisotopic (exact) mass is 570 g/mol. The van der Waals surface area contributed by atoms with Crippen LogP contribution in [0.25, 0.3) is 17.0 Å². The maximum atomic E-state index is 13.5. The summed E-state index contributed by atoms with van der Waals surface area (Å²) in [5.74, 6) is -1.06. The fraction of sp³-hybridized carbons (Fsp3) is 0.280. The summed E-state index contributed by atoms with van der Waals surface area (Å²) in [5.41, 5.74) is 0.576. The molecule has 0 atom stereocenters. The zero-order valence-corrected chi connectivity index (χ0v) is 21.0. The highest BCUT2D eigenvalue weighted by Crippen LogP contribution is 2.38. The van der Waals surface area contributed by atoms with E-state index in [9.17, 15) is 40.7 Å². The van der Waals surface area contributed by atoms with E-state index >= 15 is 0 Å². The van der Waals surface area contributed by atoms with E-state index in [1.165, 1.54) is 30.1 Å². The van der Waals surface area contributed by atoms with E-state index in [0.717, 1.165) is 23.9 Å². The van der Waals surface area contributed by atoms with Gasteiger partial charge in [0.05, 0.1) is 34.3 Å². The molecule has 4 rings (SSSR count). The maximum Gasteiger partial charge on any atom is 0.416 e. The van der Waals surface area contributed by atoms with E-state index in [1.807, 2.05) is 0 Å². The molecule has 1 saturated carbocycles. The average Bonchev–Trinajstić information content (AvgIpc) is 3.64. The minimum Gasteiger partial charge on any atom is -0.291 e. The second-order valence-electron chi connectivity index (χ2n) is 8.83. The van der Waals surface area contributed by atoms with E-state index in [2.05, 4.69) is 10.5 Å². The van der Waals surface area contributed by atoms with Gasteiger partial charge in [0, 0.05) is 18.4 Å². The Morgan fingerprint density at radius 2 is 1.82 bits per heavy atom. The molecule has 2 aromatic carbocycles. The standard InChI is InChI=1S/C25H20F6N4O3S/c1-34(33-22(37)15-3-4-15)23(38)21(39-13-36)9-14-2-7-20-17(8-14)11-32-35(20)12-16-5-6-18(24(26,27)28)10-19(16)25(29,30)31/h2,5-11,13,15H,3-4,12H2,1H3,(H,33,37)/b21-9-. The number of aromatic nitrogens is 2. The van der Waals surface area contributed by atoms with Gasteiger partial charge in [-0.2, -0.15) is 31.4 Å². The summed E-state index contributed by atoms with van der Waals surface area (Å²) in [5, 5.41) is 5.54. The molecule has 14 heteroatoms. The fourth-order valence-electron chi connectivity index (χ4n) is 3.80. The lowest BCUT2D eigenvalue weighted by molar-refractivity contribution is -0.143. The number of thioether (sulfide) groups is 1. The van der Waals surface area contributed by atoms with E-state index in [0.29, 0.717) is 39.9 Å². The van der Waals surface area contributed by atoms with Crippen LogP contribution in [0.15, 0.2) is 47.5 Å². The number of nitrogens with one attached hydrogen (secondary N) is 1. The summed E-state index contributed by atoms with van der Waals surface area (Å²) in [4.78, 5) is 35.9. The molecule has 206 valence electrons. The third kappa shape index (κ3) is 6.61. The highest BCUT2D eigenvalue weighted by Gasteiger charge is 2.38. The Kier molecular flexibility index (Phi) is 7.77. The number of hydrazine groups is 1. The second kappa shape index (κ2) is 10.8. The van der Waals surface area contributed by atoms with Gasteiger partial charge in [-0.3, -0.25) is 29.5 Å².